The van der Waals surface area contributed by atoms with E-state index in [1.165, 1.54) is 12.8 Å². The summed E-state index contributed by atoms with van der Waals surface area (Å²) < 4.78 is 11.9. The summed E-state index contributed by atoms with van der Waals surface area (Å²) >= 11 is 0. The first-order valence-corrected chi connectivity index (χ1v) is 12.7. The summed E-state index contributed by atoms with van der Waals surface area (Å²) in [5.74, 6) is 1.31. The van der Waals surface area contributed by atoms with Gasteiger partial charge in [-0.1, -0.05) is 30.3 Å². The van der Waals surface area contributed by atoms with E-state index >= 15 is 0 Å². The molecule has 0 unspecified atom stereocenters. The maximum Gasteiger partial charge on any atom is 0.242 e. The van der Waals surface area contributed by atoms with Crippen LogP contribution in [0.15, 0.2) is 48.5 Å². The normalized spacial score (nSPS) is 20.1. The topological polar surface area (TPSA) is 88.3 Å². The van der Waals surface area contributed by atoms with Gasteiger partial charge >= 0.3 is 0 Å². The maximum absolute atomic E-state index is 13.3. The highest BCUT2D eigenvalue weighted by Crippen LogP contribution is 2.36. The Hall–Kier alpha value is -2.77. The van der Waals surface area contributed by atoms with Crippen LogP contribution in [-0.4, -0.2) is 66.4 Å². The highest BCUT2D eigenvalue weighted by atomic mass is 16.5. The Labute approximate surface area is 208 Å². The summed E-state index contributed by atoms with van der Waals surface area (Å²) in [5.41, 5.74) is 7.10. The van der Waals surface area contributed by atoms with Crippen molar-refractivity contribution in [3.8, 4) is 11.5 Å². The second kappa shape index (κ2) is 10.9. The number of nitrogens with zero attached hydrogens (tertiary/aromatic N) is 2. The third-order valence-electron chi connectivity index (χ3n) is 7.22. The van der Waals surface area contributed by atoms with Gasteiger partial charge < -0.3 is 30.1 Å². The number of rotatable bonds is 8. The minimum atomic E-state index is -1.28. The average Bonchev–Trinajstić information content (AvgIpc) is 3.36. The van der Waals surface area contributed by atoms with Gasteiger partial charge in [0.15, 0.2) is 11.5 Å². The fraction of sp³-hybridized carbons (Fsp3) is 0.536. The lowest BCUT2D eigenvalue weighted by Crippen LogP contribution is -2.62. The molecule has 1 aliphatic heterocycles. The van der Waals surface area contributed by atoms with Crippen LogP contribution in [0.3, 0.4) is 0 Å². The molecule has 0 aromatic heterocycles. The Kier molecular flexibility index (Phi) is 7.87. The predicted octanol–water partition coefficient (Wildman–Crippen LogP) is 3.37. The van der Waals surface area contributed by atoms with Gasteiger partial charge in [0.1, 0.15) is 6.04 Å². The highest BCUT2D eigenvalue weighted by Gasteiger charge is 2.38. The van der Waals surface area contributed by atoms with Crippen molar-refractivity contribution in [3.63, 3.8) is 0 Å². The van der Waals surface area contributed by atoms with E-state index in [0.29, 0.717) is 26.1 Å². The van der Waals surface area contributed by atoms with Crippen molar-refractivity contribution < 1.29 is 19.4 Å². The van der Waals surface area contributed by atoms with Crippen LogP contribution in [0.1, 0.15) is 45.1 Å². The molecule has 0 bridgehead atoms. The minimum absolute atomic E-state index is 0.0756. The average molecular weight is 482 g/mol. The molecule has 1 aliphatic carbocycles. The third kappa shape index (κ3) is 6.08. The van der Waals surface area contributed by atoms with Crippen molar-refractivity contribution >= 4 is 11.6 Å². The molecule has 2 aliphatic rings. The zero-order chi connectivity index (χ0) is 25.0. The molecule has 1 saturated heterocycles. The first-order chi connectivity index (χ1) is 16.8. The summed E-state index contributed by atoms with van der Waals surface area (Å²) in [5, 5.41) is 10.4. The van der Waals surface area contributed by atoms with E-state index < -0.39 is 11.6 Å². The van der Waals surface area contributed by atoms with Crippen molar-refractivity contribution in [2.75, 3.05) is 31.6 Å². The molecule has 4 rings (SSSR count). The zero-order valence-corrected chi connectivity index (χ0v) is 21.2. The van der Waals surface area contributed by atoms with E-state index in [2.05, 4.69) is 29.2 Å². The summed E-state index contributed by atoms with van der Waals surface area (Å²) in [6.07, 6.45) is 5.52. The first-order valence-electron chi connectivity index (χ1n) is 12.7. The molecule has 1 heterocycles. The van der Waals surface area contributed by atoms with Crippen molar-refractivity contribution in [1.29, 1.82) is 0 Å². The largest absolute Gasteiger partial charge is 0.493 e. The van der Waals surface area contributed by atoms with Crippen LogP contribution in [0.2, 0.25) is 0 Å². The molecular weight excluding hydrogens is 442 g/mol. The number of carbonyl (C=O) groups is 1. The Morgan fingerprint density at radius 2 is 1.83 bits per heavy atom. The number of anilines is 1. The smallest absolute Gasteiger partial charge is 0.242 e. The van der Waals surface area contributed by atoms with Crippen LogP contribution < -0.4 is 20.1 Å². The zero-order valence-electron chi connectivity index (χ0n) is 21.2. The van der Waals surface area contributed by atoms with Gasteiger partial charge in [-0.25, -0.2) is 0 Å². The number of nitrogens with two attached hydrogens (primary N) is 1. The molecule has 35 heavy (non-hydrogen) atoms. The number of amides is 1. The van der Waals surface area contributed by atoms with Crippen molar-refractivity contribution in [3.05, 3.63) is 54.1 Å². The molecule has 1 saturated carbocycles. The molecule has 0 spiro atoms. The summed E-state index contributed by atoms with van der Waals surface area (Å²) in [7, 11) is 1.67. The standard InChI is InChI=1S/C28H39N3O4/c1-28(2,33)26(29)27(32)31-16-15-30(19-22(31)17-20-9-5-4-6-10-20)21-13-14-24(34-3)25(18-21)35-23-11-7-8-12-23/h4-6,9-10,13-14,18,22-23,26,33H,7-8,11-12,15-17,19,29H2,1-3H3/t22-,26-/m0/s1. The molecule has 2 aromatic carbocycles. The maximum atomic E-state index is 13.3. The van der Waals surface area contributed by atoms with Crippen LogP contribution in [0.4, 0.5) is 5.69 Å². The molecular formula is C28H39N3O4. The van der Waals surface area contributed by atoms with Gasteiger partial charge in [0, 0.05) is 31.4 Å². The predicted molar refractivity (Wildman–Crippen MR) is 138 cm³/mol. The lowest BCUT2D eigenvalue weighted by molar-refractivity contribution is -0.140. The number of ether oxygens (including phenoxy) is 2. The quantitative estimate of drug-likeness (QED) is 0.601. The van der Waals surface area contributed by atoms with Crippen molar-refractivity contribution in [2.24, 2.45) is 5.73 Å². The summed E-state index contributed by atoms with van der Waals surface area (Å²) in [6, 6.07) is 15.2. The number of piperazine rings is 1. The lowest BCUT2D eigenvalue weighted by Gasteiger charge is -2.44. The summed E-state index contributed by atoms with van der Waals surface area (Å²) in [4.78, 5) is 17.5. The fourth-order valence-electron chi connectivity index (χ4n) is 5.06. The van der Waals surface area contributed by atoms with Crippen LogP contribution in [0, 0.1) is 0 Å². The number of hydrogen-bond donors (Lipinski definition) is 2. The number of carbonyl (C=O) groups excluding carboxylic acids is 1. The number of hydrogen-bond acceptors (Lipinski definition) is 6. The number of methoxy groups -OCH3 is 1. The third-order valence-corrected chi connectivity index (χ3v) is 7.22. The second-order valence-corrected chi connectivity index (χ2v) is 10.3. The van der Waals surface area contributed by atoms with Crippen LogP contribution in [0.5, 0.6) is 11.5 Å². The first kappa shape index (κ1) is 25.3. The highest BCUT2D eigenvalue weighted by molar-refractivity contribution is 5.83. The fourth-order valence-corrected chi connectivity index (χ4v) is 5.06. The van der Waals surface area contributed by atoms with Gasteiger partial charge in [-0.2, -0.15) is 0 Å². The SMILES string of the molecule is COc1ccc(N2CCN(C(=O)[C@H](N)C(C)(C)O)[C@@H](Cc3ccccc3)C2)cc1OC1CCCC1. The molecule has 7 nitrogen and oxygen atoms in total. The van der Waals surface area contributed by atoms with Gasteiger partial charge in [0.25, 0.3) is 0 Å². The van der Waals surface area contributed by atoms with Crippen LogP contribution >= 0.6 is 0 Å². The van der Waals surface area contributed by atoms with E-state index in [1.807, 2.05) is 29.2 Å². The van der Waals surface area contributed by atoms with E-state index in [0.717, 1.165) is 35.6 Å². The lowest BCUT2D eigenvalue weighted by atomic mass is 9.95. The van der Waals surface area contributed by atoms with Crippen molar-refractivity contribution in [1.82, 2.24) is 4.90 Å². The van der Waals surface area contributed by atoms with Crippen LogP contribution in [-0.2, 0) is 11.2 Å². The van der Waals surface area contributed by atoms with Gasteiger partial charge in [-0.3, -0.25) is 4.79 Å². The van der Waals surface area contributed by atoms with Gasteiger partial charge in [-0.05, 0) is 63.6 Å². The monoisotopic (exact) mass is 481 g/mol. The number of aliphatic hydroxyl groups is 1. The molecule has 2 aromatic rings. The molecule has 3 N–H and O–H groups in total. The van der Waals surface area contributed by atoms with E-state index in [1.54, 1.807) is 21.0 Å². The Morgan fingerprint density at radius 1 is 1.11 bits per heavy atom. The molecule has 190 valence electrons. The molecule has 7 heteroatoms. The summed E-state index contributed by atoms with van der Waals surface area (Å²) in [6.45, 7) is 5.03. The van der Waals surface area contributed by atoms with Gasteiger partial charge in [0.2, 0.25) is 5.91 Å². The van der Waals surface area contributed by atoms with Crippen molar-refractivity contribution in [2.45, 2.75) is 69.7 Å². The molecule has 1 amide bonds. The number of benzene rings is 2. The second-order valence-electron chi connectivity index (χ2n) is 10.3. The van der Waals surface area contributed by atoms with E-state index in [9.17, 15) is 9.90 Å². The Balaban J connectivity index is 1.56. The molecule has 2 fully saturated rings. The Morgan fingerprint density at radius 3 is 2.49 bits per heavy atom. The van der Waals surface area contributed by atoms with E-state index in [-0.39, 0.29) is 18.1 Å². The molecule has 0 radical (unpaired) electrons. The van der Waals surface area contributed by atoms with E-state index in [4.69, 9.17) is 15.2 Å². The minimum Gasteiger partial charge on any atom is -0.493 e. The Bertz CT molecular complexity index is 985. The molecule has 2 atom stereocenters. The van der Waals surface area contributed by atoms with Gasteiger partial charge in [0.05, 0.1) is 24.9 Å². The van der Waals surface area contributed by atoms with Gasteiger partial charge in [-0.15, -0.1) is 0 Å². The van der Waals surface area contributed by atoms with Crippen LogP contribution in [0.25, 0.3) is 0 Å².